The highest BCUT2D eigenvalue weighted by atomic mass is 16.9. The monoisotopic (exact) mass is 344 g/mol. The quantitative estimate of drug-likeness (QED) is 0.216. The molecule has 0 rings (SSSR count). The van der Waals surface area contributed by atoms with Crippen LogP contribution in [0.2, 0.25) is 0 Å². The molecule has 0 aromatic carbocycles. The van der Waals surface area contributed by atoms with Gasteiger partial charge in [0.05, 0.1) is 0 Å². The summed E-state index contributed by atoms with van der Waals surface area (Å²) in [4.78, 5) is 0. The average molecular weight is 345 g/mol. The maximum Gasteiger partial charge on any atom is 0.311 e. The van der Waals surface area contributed by atoms with Crippen LogP contribution in [0.15, 0.2) is 12.2 Å². The van der Waals surface area contributed by atoms with Crippen molar-refractivity contribution in [1.82, 2.24) is 0 Å². The van der Waals surface area contributed by atoms with Crippen molar-refractivity contribution in [3.63, 3.8) is 0 Å². The summed E-state index contributed by atoms with van der Waals surface area (Å²) in [5.74, 6) is -0.938. The van der Waals surface area contributed by atoms with Crippen LogP contribution >= 0.6 is 0 Å². The van der Waals surface area contributed by atoms with Crippen molar-refractivity contribution in [1.29, 1.82) is 0 Å². The van der Waals surface area contributed by atoms with Crippen LogP contribution < -0.4 is 0 Å². The highest BCUT2D eigenvalue weighted by molar-refractivity contribution is 4.94. The zero-order valence-corrected chi connectivity index (χ0v) is 16.8. The van der Waals surface area contributed by atoms with Gasteiger partial charge in [-0.2, -0.15) is 0 Å². The van der Waals surface area contributed by atoms with Gasteiger partial charge in [0.1, 0.15) is 6.10 Å². The smallest absolute Gasteiger partial charge is 0.311 e. The van der Waals surface area contributed by atoms with Gasteiger partial charge in [-0.1, -0.05) is 51.2 Å². The van der Waals surface area contributed by atoms with Gasteiger partial charge in [-0.25, -0.2) is 0 Å². The molecule has 0 saturated heterocycles. The molecule has 24 heavy (non-hydrogen) atoms. The fraction of sp³-hybridized carbons (Fsp3) is 0.900. The third kappa shape index (κ3) is 8.11. The van der Waals surface area contributed by atoms with E-state index in [2.05, 4.69) is 19.1 Å². The van der Waals surface area contributed by atoms with E-state index in [0.717, 1.165) is 6.42 Å². The molecule has 2 unspecified atom stereocenters. The van der Waals surface area contributed by atoms with Gasteiger partial charge in [0.15, 0.2) is 0 Å². The number of allylic oxidation sites excluding steroid dienone is 1. The molecule has 0 amide bonds. The molecule has 0 aromatic heterocycles. The molecule has 0 bridgehead atoms. The van der Waals surface area contributed by atoms with Crippen molar-refractivity contribution in [2.24, 2.45) is 5.92 Å². The van der Waals surface area contributed by atoms with E-state index in [4.69, 9.17) is 18.9 Å². The molecule has 0 spiro atoms. The second-order valence-electron chi connectivity index (χ2n) is 5.95. The van der Waals surface area contributed by atoms with E-state index in [0.29, 0.717) is 19.8 Å². The minimum Gasteiger partial charge on any atom is -0.372 e. The summed E-state index contributed by atoms with van der Waals surface area (Å²) in [5.41, 5.74) is 0. The summed E-state index contributed by atoms with van der Waals surface area (Å²) in [6.07, 6.45) is 11.3. The van der Waals surface area contributed by atoms with Crippen LogP contribution in [-0.4, -0.2) is 39.0 Å². The number of hydrogen-bond donors (Lipinski definition) is 0. The molecule has 0 saturated carbocycles. The van der Waals surface area contributed by atoms with E-state index in [1.54, 1.807) is 7.11 Å². The van der Waals surface area contributed by atoms with E-state index >= 15 is 0 Å². The Morgan fingerprint density at radius 3 is 1.79 bits per heavy atom. The fourth-order valence-corrected chi connectivity index (χ4v) is 3.14. The molecule has 144 valence electrons. The molecule has 4 nitrogen and oxygen atoms in total. The Labute approximate surface area is 149 Å². The van der Waals surface area contributed by atoms with Gasteiger partial charge in [-0.3, -0.25) is 0 Å². The number of unbranched alkanes of at least 4 members (excludes halogenated alkanes) is 4. The van der Waals surface area contributed by atoms with Crippen molar-refractivity contribution in [3.05, 3.63) is 12.2 Å². The molecular weight excluding hydrogens is 304 g/mol. The summed E-state index contributed by atoms with van der Waals surface area (Å²) >= 11 is 0. The topological polar surface area (TPSA) is 36.9 Å². The molecule has 2 atom stereocenters. The van der Waals surface area contributed by atoms with E-state index in [-0.39, 0.29) is 12.0 Å². The average Bonchev–Trinajstić information content (AvgIpc) is 2.56. The molecule has 0 heterocycles. The summed E-state index contributed by atoms with van der Waals surface area (Å²) in [5, 5.41) is 0. The lowest BCUT2D eigenvalue weighted by atomic mass is 9.92. The van der Waals surface area contributed by atoms with Crippen LogP contribution in [0.5, 0.6) is 0 Å². The maximum absolute atomic E-state index is 5.93. The van der Waals surface area contributed by atoms with Crippen molar-refractivity contribution >= 4 is 0 Å². The highest BCUT2D eigenvalue weighted by Gasteiger charge is 2.46. The Balaban J connectivity index is 5.15. The number of rotatable bonds is 16. The molecule has 0 fully saturated rings. The second kappa shape index (κ2) is 14.9. The Morgan fingerprint density at radius 1 is 0.833 bits per heavy atom. The van der Waals surface area contributed by atoms with E-state index in [1.165, 1.54) is 32.1 Å². The Hall–Kier alpha value is -0.420. The SMILES string of the molecule is CC=CC(CCCCCCC)C(OC)C(OCC)(OCC)OCC. The van der Waals surface area contributed by atoms with E-state index in [9.17, 15) is 0 Å². The van der Waals surface area contributed by atoms with Crippen LogP contribution in [0.1, 0.15) is 73.1 Å². The van der Waals surface area contributed by atoms with Crippen LogP contribution in [-0.2, 0) is 18.9 Å². The van der Waals surface area contributed by atoms with Gasteiger partial charge in [-0.05, 0) is 34.1 Å². The van der Waals surface area contributed by atoms with Crippen molar-refractivity contribution < 1.29 is 18.9 Å². The van der Waals surface area contributed by atoms with Crippen LogP contribution in [0.3, 0.4) is 0 Å². The summed E-state index contributed by atoms with van der Waals surface area (Å²) in [6, 6.07) is 0. The second-order valence-corrected chi connectivity index (χ2v) is 5.95. The predicted molar refractivity (Wildman–Crippen MR) is 100 cm³/mol. The molecule has 0 radical (unpaired) electrons. The van der Waals surface area contributed by atoms with Crippen molar-refractivity contribution in [3.8, 4) is 0 Å². The lowest BCUT2D eigenvalue weighted by Gasteiger charge is -2.40. The van der Waals surface area contributed by atoms with Gasteiger partial charge in [0.25, 0.3) is 0 Å². The molecule has 0 aliphatic rings. The maximum atomic E-state index is 5.93. The van der Waals surface area contributed by atoms with Crippen molar-refractivity contribution in [2.45, 2.75) is 85.2 Å². The molecule has 0 aromatic rings. The minimum atomic E-state index is -1.14. The highest BCUT2D eigenvalue weighted by Crippen LogP contribution is 2.32. The largest absolute Gasteiger partial charge is 0.372 e. The van der Waals surface area contributed by atoms with Crippen molar-refractivity contribution in [2.75, 3.05) is 26.9 Å². The summed E-state index contributed by atoms with van der Waals surface area (Å²) in [6.45, 7) is 11.7. The lowest BCUT2D eigenvalue weighted by molar-refractivity contribution is -0.417. The third-order valence-corrected chi connectivity index (χ3v) is 4.11. The molecule has 0 aliphatic carbocycles. The predicted octanol–water partition coefficient (Wildman–Crippen LogP) is 5.32. The normalized spacial score (nSPS) is 15.1. The van der Waals surface area contributed by atoms with Crippen LogP contribution in [0.25, 0.3) is 0 Å². The van der Waals surface area contributed by atoms with Gasteiger partial charge in [0.2, 0.25) is 0 Å². The Kier molecular flexibility index (Phi) is 14.6. The Morgan fingerprint density at radius 2 is 1.38 bits per heavy atom. The number of methoxy groups -OCH3 is 1. The number of ether oxygens (including phenoxy) is 4. The lowest BCUT2D eigenvalue weighted by Crippen LogP contribution is -2.54. The van der Waals surface area contributed by atoms with Crippen LogP contribution in [0, 0.1) is 5.92 Å². The van der Waals surface area contributed by atoms with Gasteiger partial charge >= 0.3 is 5.97 Å². The van der Waals surface area contributed by atoms with E-state index in [1.807, 2.05) is 27.7 Å². The first-order chi connectivity index (χ1) is 11.7. The zero-order chi connectivity index (χ0) is 18.3. The number of hydrogen-bond acceptors (Lipinski definition) is 4. The van der Waals surface area contributed by atoms with Gasteiger partial charge in [0, 0.05) is 32.8 Å². The first kappa shape index (κ1) is 23.6. The van der Waals surface area contributed by atoms with Gasteiger partial charge in [-0.15, -0.1) is 0 Å². The zero-order valence-electron chi connectivity index (χ0n) is 16.8. The van der Waals surface area contributed by atoms with E-state index < -0.39 is 5.97 Å². The molecule has 4 heteroatoms. The standard InChI is InChI=1S/C20H40O4/c1-7-12-13-14-15-17-18(16-8-2)19(21-6)20(22-9-3,23-10-4)24-11-5/h8,16,18-19H,7,9-15,17H2,1-6H3. The molecular formula is C20H40O4. The first-order valence-corrected chi connectivity index (χ1v) is 9.73. The Bertz CT molecular complexity index is 287. The summed E-state index contributed by atoms with van der Waals surface area (Å²) in [7, 11) is 1.71. The molecule has 0 aliphatic heterocycles. The minimum absolute atomic E-state index is 0.200. The first-order valence-electron chi connectivity index (χ1n) is 9.73. The molecule has 0 N–H and O–H groups in total. The van der Waals surface area contributed by atoms with Gasteiger partial charge < -0.3 is 18.9 Å². The van der Waals surface area contributed by atoms with Crippen LogP contribution in [0.4, 0.5) is 0 Å². The summed E-state index contributed by atoms with van der Waals surface area (Å²) < 4.78 is 23.6. The third-order valence-electron chi connectivity index (χ3n) is 4.11. The fourth-order valence-electron chi connectivity index (χ4n) is 3.14.